The molecule has 0 spiro atoms. The fourth-order valence-electron chi connectivity index (χ4n) is 4.52. The molecule has 0 saturated carbocycles. The van der Waals surface area contributed by atoms with E-state index in [2.05, 4.69) is 59.3 Å². The van der Waals surface area contributed by atoms with Gasteiger partial charge in [0.1, 0.15) is 11.5 Å². The molecule has 2 aliphatic heterocycles. The van der Waals surface area contributed by atoms with E-state index in [1.165, 1.54) is 49.2 Å². The lowest BCUT2D eigenvalue weighted by Gasteiger charge is -2.33. The van der Waals surface area contributed by atoms with Crippen LogP contribution in [0.5, 0.6) is 11.5 Å². The Morgan fingerprint density at radius 2 is 1.83 bits per heavy atom. The number of methoxy groups -OCH3 is 1. The monoisotopic (exact) mass is 394 g/mol. The SMILES string of the molecule is COc1ccc(CCN(Cc2ccc3c(c2)CCO3)CC2CCN(C)CC2)cc1. The van der Waals surface area contributed by atoms with E-state index in [0.29, 0.717) is 0 Å². The molecule has 2 aromatic carbocycles. The van der Waals surface area contributed by atoms with Crippen molar-refractivity contribution in [2.24, 2.45) is 5.92 Å². The number of hydrogen-bond acceptors (Lipinski definition) is 4. The zero-order chi connectivity index (χ0) is 20.1. The van der Waals surface area contributed by atoms with Gasteiger partial charge in [-0.2, -0.15) is 0 Å². The Morgan fingerprint density at radius 1 is 1.07 bits per heavy atom. The number of nitrogens with zero attached hydrogens (tertiary/aromatic N) is 2. The molecule has 0 aliphatic carbocycles. The summed E-state index contributed by atoms with van der Waals surface area (Å²) in [7, 11) is 3.96. The molecule has 4 rings (SSSR count). The van der Waals surface area contributed by atoms with Gasteiger partial charge in [-0.25, -0.2) is 0 Å². The van der Waals surface area contributed by atoms with Gasteiger partial charge in [-0.3, -0.25) is 4.90 Å². The molecule has 156 valence electrons. The fraction of sp³-hybridized carbons (Fsp3) is 0.520. The van der Waals surface area contributed by atoms with Crippen LogP contribution in [0.15, 0.2) is 42.5 Å². The van der Waals surface area contributed by atoms with Gasteiger partial charge in [0.05, 0.1) is 13.7 Å². The molecule has 1 saturated heterocycles. The molecule has 2 aliphatic rings. The van der Waals surface area contributed by atoms with E-state index in [-0.39, 0.29) is 0 Å². The summed E-state index contributed by atoms with van der Waals surface area (Å²) in [4.78, 5) is 5.12. The van der Waals surface area contributed by atoms with Crippen LogP contribution in [0.1, 0.15) is 29.5 Å². The number of piperidine rings is 1. The summed E-state index contributed by atoms with van der Waals surface area (Å²) in [6.07, 6.45) is 4.75. The van der Waals surface area contributed by atoms with Gasteiger partial charge in [0.2, 0.25) is 0 Å². The lowest BCUT2D eigenvalue weighted by Crippen LogP contribution is -2.37. The van der Waals surface area contributed by atoms with Crippen molar-refractivity contribution in [3.05, 3.63) is 59.2 Å². The summed E-state index contributed by atoms with van der Waals surface area (Å²) in [5.74, 6) is 2.81. The Kier molecular flexibility index (Phi) is 6.73. The van der Waals surface area contributed by atoms with Crippen molar-refractivity contribution in [3.8, 4) is 11.5 Å². The fourth-order valence-corrected chi connectivity index (χ4v) is 4.52. The third-order valence-corrected chi connectivity index (χ3v) is 6.39. The van der Waals surface area contributed by atoms with Crippen LogP contribution >= 0.6 is 0 Å². The average molecular weight is 395 g/mol. The molecule has 29 heavy (non-hydrogen) atoms. The molecule has 0 radical (unpaired) electrons. The summed E-state index contributed by atoms with van der Waals surface area (Å²) < 4.78 is 11.0. The Morgan fingerprint density at radius 3 is 2.59 bits per heavy atom. The van der Waals surface area contributed by atoms with Gasteiger partial charge in [0.15, 0.2) is 0 Å². The van der Waals surface area contributed by atoms with Gasteiger partial charge < -0.3 is 14.4 Å². The second-order valence-corrected chi connectivity index (χ2v) is 8.62. The van der Waals surface area contributed by atoms with Crippen LogP contribution < -0.4 is 9.47 Å². The van der Waals surface area contributed by atoms with E-state index in [0.717, 1.165) is 50.0 Å². The van der Waals surface area contributed by atoms with Crippen molar-refractivity contribution in [1.29, 1.82) is 0 Å². The van der Waals surface area contributed by atoms with Gasteiger partial charge >= 0.3 is 0 Å². The van der Waals surface area contributed by atoms with Crippen molar-refractivity contribution in [2.45, 2.75) is 32.2 Å². The maximum atomic E-state index is 5.69. The number of benzene rings is 2. The zero-order valence-electron chi connectivity index (χ0n) is 17.9. The molecule has 0 unspecified atom stereocenters. The van der Waals surface area contributed by atoms with E-state index in [4.69, 9.17) is 9.47 Å². The first-order valence-electron chi connectivity index (χ1n) is 11.0. The molecule has 4 nitrogen and oxygen atoms in total. The largest absolute Gasteiger partial charge is 0.497 e. The van der Waals surface area contributed by atoms with Crippen molar-refractivity contribution < 1.29 is 9.47 Å². The predicted octanol–water partition coefficient (Wildman–Crippen LogP) is 4.02. The van der Waals surface area contributed by atoms with Crippen molar-refractivity contribution in [1.82, 2.24) is 9.80 Å². The van der Waals surface area contributed by atoms with Crippen molar-refractivity contribution in [2.75, 3.05) is 46.9 Å². The summed E-state index contributed by atoms with van der Waals surface area (Å²) >= 11 is 0. The Hall–Kier alpha value is -2.04. The Labute approximate surface area is 175 Å². The lowest BCUT2D eigenvalue weighted by atomic mass is 9.96. The van der Waals surface area contributed by atoms with Crippen LogP contribution in [0.4, 0.5) is 0 Å². The van der Waals surface area contributed by atoms with Gasteiger partial charge in [-0.15, -0.1) is 0 Å². The molecule has 0 aromatic heterocycles. The zero-order valence-corrected chi connectivity index (χ0v) is 17.9. The van der Waals surface area contributed by atoms with Gasteiger partial charge in [0, 0.05) is 26.1 Å². The summed E-state index contributed by atoms with van der Waals surface area (Å²) in [6, 6.07) is 15.3. The van der Waals surface area contributed by atoms with Crippen LogP contribution in [0.2, 0.25) is 0 Å². The number of ether oxygens (including phenoxy) is 2. The smallest absolute Gasteiger partial charge is 0.122 e. The number of fused-ring (bicyclic) bond motifs is 1. The third kappa shape index (κ3) is 5.52. The highest BCUT2D eigenvalue weighted by Gasteiger charge is 2.20. The van der Waals surface area contributed by atoms with Crippen molar-refractivity contribution in [3.63, 3.8) is 0 Å². The number of rotatable bonds is 8. The molecular formula is C25H34N2O2. The molecule has 1 fully saturated rings. The van der Waals surface area contributed by atoms with E-state index < -0.39 is 0 Å². The molecule has 2 aromatic rings. The van der Waals surface area contributed by atoms with Crippen LogP contribution in [-0.4, -0.2) is 56.7 Å². The maximum Gasteiger partial charge on any atom is 0.122 e. The van der Waals surface area contributed by atoms with E-state index >= 15 is 0 Å². The third-order valence-electron chi connectivity index (χ3n) is 6.39. The quantitative estimate of drug-likeness (QED) is 0.675. The number of likely N-dealkylation sites (tertiary alicyclic amines) is 1. The summed E-state index contributed by atoms with van der Waals surface area (Å²) in [6.45, 7) is 6.59. The molecule has 0 atom stereocenters. The molecule has 0 amide bonds. The van der Waals surface area contributed by atoms with Crippen LogP contribution in [0.3, 0.4) is 0 Å². The highest BCUT2D eigenvalue weighted by molar-refractivity contribution is 5.39. The highest BCUT2D eigenvalue weighted by Crippen LogP contribution is 2.27. The molecule has 2 heterocycles. The van der Waals surface area contributed by atoms with Gasteiger partial charge in [-0.05, 0) is 80.2 Å². The highest BCUT2D eigenvalue weighted by atomic mass is 16.5. The van der Waals surface area contributed by atoms with E-state index in [1.54, 1.807) is 7.11 Å². The minimum Gasteiger partial charge on any atom is -0.497 e. The first-order chi connectivity index (χ1) is 14.2. The lowest BCUT2D eigenvalue weighted by molar-refractivity contribution is 0.157. The molecule has 0 bridgehead atoms. The standard InChI is InChI=1S/C25H34N2O2/c1-26-13-9-21(10-14-26)18-27(15-11-20-3-6-24(28-2)7-4-20)19-22-5-8-25-23(17-22)12-16-29-25/h3-8,17,21H,9-16,18-19H2,1-2H3. The minimum absolute atomic E-state index is 0.805. The van der Waals surface area contributed by atoms with E-state index in [9.17, 15) is 0 Å². The molecule has 4 heteroatoms. The van der Waals surface area contributed by atoms with Crippen LogP contribution in [-0.2, 0) is 19.4 Å². The first-order valence-corrected chi connectivity index (χ1v) is 11.0. The molecule has 0 N–H and O–H groups in total. The Bertz CT molecular complexity index is 782. The average Bonchev–Trinajstić information content (AvgIpc) is 3.22. The second-order valence-electron chi connectivity index (χ2n) is 8.62. The number of hydrogen-bond donors (Lipinski definition) is 0. The van der Waals surface area contributed by atoms with Crippen LogP contribution in [0.25, 0.3) is 0 Å². The predicted molar refractivity (Wildman–Crippen MR) is 118 cm³/mol. The van der Waals surface area contributed by atoms with Gasteiger partial charge in [-0.1, -0.05) is 24.3 Å². The van der Waals surface area contributed by atoms with Gasteiger partial charge in [0.25, 0.3) is 0 Å². The summed E-state index contributed by atoms with van der Waals surface area (Å²) in [5, 5.41) is 0. The van der Waals surface area contributed by atoms with Crippen LogP contribution in [0, 0.1) is 5.92 Å². The normalized spacial score (nSPS) is 17.3. The maximum absolute atomic E-state index is 5.69. The Balaban J connectivity index is 1.41. The molecular weight excluding hydrogens is 360 g/mol. The summed E-state index contributed by atoms with van der Waals surface area (Å²) in [5.41, 5.74) is 4.16. The van der Waals surface area contributed by atoms with E-state index in [1.807, 2.05) is 0 Å². The first kappa shape index (κ1) is 20.2. The minimum atomic E-state index is 0.805. The topological polar surface area (TPSA) is 24.9 Å². The van der Waals surface area contributed by atoms with Crippen molar-refractivity contribution >= 4 is 0 Å². The second kappa shape index (κ2) is 9.64.